The number of nitrogens with two attached hydrogens (primary N) is 1. The van der Waals surface area contributed by atoms with Gasteiger partial charge in [-0.15, -0.1) is 0 Å². The van der Waals surface area contributed by atoms with E-state index < -0.39 is 0 Å². The molecule has 0 saturated carbocycles. The lowest BCUT2D eigenvalue weighted by molar-refractivity contribution is -1.05. The van der Waals surface area contributed by atoms with Gasteiger partial charge < -0.3 is 5.21 Å². The monoisotopic (exact) mass is 134 g/mol. The zero-order valence-corrected chi connectivity index (χ0v) is 5.89. The molecule has 0 radical (unpaired) electrons. The first-order valence-electron chi connectivity index (χ1n) is 3.02. The Morgan fingerprint density at radius 1 is 1.67 bits per heavy atom. The highest BCUT2D eigenvalue weighted by Gasteiger charge is 1.96. The Bertz CT molecular complexity index is 68.0. The van der Waals surface area contributed by atoms with Gasteiger partial charge in [0.25, 0.3) is 0 Å². The molecule has 56 valence electrons. The fourth-order valence-electron chi connectivity index (χ4n) is 0.319. The minimum Gasteiger partial charge on any atom is -0.599 e. The highest BCUT2D eigenvalue weighted by molar-refractivity contribution is 4.34. The van der Waals surface area contributed by atoms with Gasteiger partial charge in [-0.3, -0.25) is 5.73 Å². The van der Waals surface area contributed by atoms with E-state index in [2.05, 4.69) is 4.84 Å². The topological polar surface area (TPSA) is 62.8 Å². The molecule has 0 saturated heterocycles. The lowest BCUT2D eigenvalue weighted by atomic mass is 10.2. The van der Waals surface area contributed by atoms with Gasteiger partial charge in [0.1, 0.15) is 6.61 Å². The Labute approximate surface area is 55.1 Å². The van der Waals surface area contributed by atoms with Gasteiger partial charge in [-0.25, -0.2) is 10.1 Å². The molecule has 0 rings (SSSR count). The van der Waals surface area contributed by atoms with Gasteiger partial charge in [0.2, 0.25) is 0 Å². The highest BCUT2D eigenvalue weighted by atomic mass is 16.9. The van der Waals surface area contributed by atoms with Crippen molar-refractivity contribution in [2.75, 3.05) is 13.3 Å². The summed E-state index contributed by atoms with van der Waals surface area (Å²) in [5.74, 6) is 0.389. The Kier molecular flexibility index (Phi) is 4.61. The lowest BCUT2D eigenvalue weighted by Gasteiger charge is -2.17. The van der Waals surface area contributed by atoms with E-state index in [9.17, 15) is 5.21 Å². The minimum atomic E-state index is -0.330. The summed E-state index contributed by atoms with van der Waals surface area (Å²) in [6, 6.07) is 0. The summed E-state index contributed by atoms with van der Waals surface area (Å²) in [7, 11) is 0. The average molecular weight is 134 g/mol. The summed E-state index contributed by atoms with van der Waals surface area (Å²) in [5, 5.41) is 10.0. The number of hydroxylamine groups is 2. The first-order valence-corrected chi connectivity index (χ1v) is 3.02. The Morgan fingerprint density at radius 3 is 2.56 bits per heavy atom. The lowest BCUT2D eigenvalue weighted by Crippen LogP contribution is -3.07. The summed E-state index contributed by atoms with van der Waals surface area (Å²) in [5.41, 5.74) is 4.98. The fourth-order valence-corrected chi connectivity index (χ4v) is 0.319. The van der Waals surface area contributed by atoms with Crippen LogP contribution >= 0.6 is 0 Å². The third kappa shape index (κ3) is 5.72. The van der Waals surface area contributed by atoms with Crippen molar-refractivity contribution in [2.45, 2.75) is 13.8 Å². The maximum absolute atomic E-state index is 10.4. The molecule has 0 aliphatic heterocycles. The minimum absolute atomic E-state index is 0.0211. The van der Waals surface area contributed by atoms with Crippen molar-refractivity contribution in [1.29, 1.82) is 0 Å². The Hall–Kier alpha value is -0.160. The molecular formula is C5H14N2O2. The van der Waals surface area contributed by atoms with E-state index in [0.717, 1.165) is 0 Å². The summed E-state index contributed by atoms with van der Waals surface area (Å²) in [4.78, 5) is 4.69. The normalized spacial score (nSPS) is 14.3. The molecule has 0 spiro atoms. The van der Waals surface area contributed by atoms with Crippen LogP contribution in [-0.2, 0) is 4.84 Å². The van der Waals surface area contributed by atoms with Crippen LogP contribution in [0.5, 0.6) is 0 Å². The summed E-state index contributed by atoms with van der Waals surface area (Å²) < 4.78 is 0. The first-order chi connectivity index (χ1) is 4.16. The van der Waals surface area contributed by atoms with Gasteiger partial charge >= 0.3 is 0 Å². The average Bonchev–Trinajstić information content (AvgIpc) is 1.83. The van der Waals surface area contributed by atoms with Crippen molar-refractivity contribution in [3.05, 3.63) is 5.21 Å². The second-order valence-electron chi connectivity index (χ2n) is 2.28. The zero-order chi connectivity index (χ0) is 7.28. The van der Waals surface area contributed by atoms with Gasteiger partial charge in [0.05, 0.1) is 0 Å². The molecule has 0 heterocycles. The standard InChI is InChI=1S/C5H14N2O2/c1-5(2)3-9-7(8)4-6/h5,7H,3-4,6H2,1-2H3. The van der Waals surface area contributed by atoms with E-state index in [0.29, 0.717) is 12.5 Å². The maximum atomic E-state index is 10.4. The molecule has 0 bridgehead atoms. The molecule has 0 aliphatic carbocycles. The van der Waals surface area contributed by atoms with Crippen molar-refractivity contribution >= 4 is 0 Å². The van der Waals surface area contributed by atoms with Crippen LogP contribution in [0, 0.1) is 11.1 Å². The van der Waals surface area contributed by atoms with Crippen molar-refractivity contribution in [3.63, 3.8) is 0 Å². The smallest absolute Gasteiger partial charge is 0.158 e. The molecule has 0 aromatic rings. The molecule has 0 aromatic heterocycles. The van der Waals surface area contributed by atoms with E-state index in [1.165, 1.54) is 0 Å². The van der Waals surface area contributed by atoms with E-state index in [-0.39, 0.29) is 11.9 Å². The molecule has 3 N–H and O–H groups in total. The molecule has 4 heteroatoms. The predicted molar refractivity (Wildman–Crippen MR) is 34.2 cm³/mol. The maximum Gasteiger partial charge on any atom is 0.158 e. The number of quaternary nitrogens is 1. The second kappa shape index (κ2) is 4.69. The van der Waals surface area contributed by atoms with Gasteiger partial charge in [0, 0.05) is 0 Å². The molecule has 1 atom stereocenters. The zero-order valence-electron chi connectivity index (χ0n) is 5.89. The third-order valence-corrected chi connectivity index (χ3v) is 0.744. The molecule has 0 amide bonds. The molecule has 0 fully saturated rings. The number of nitrogens with one attached hydrogen (secondary N) is 1. The highest BCUT2D eigenvalue weighted by Crippen LogP contribution is 1.87. The molecule has 1 unspecified atom stereocenters. The van der Waals surface area contributed by atoms with E-state index >= 15 is 0 Å². The largest absolute Gasteiger partial charge is 0.599 e. The van der Waals surface area contributed by atoms with Gasteiger partial charge in [-0.1, -0.05) is 13.8 Å². The second-order valence-corrected chi connectivity index (χ2v) is 2.28. The van der Waals surface area contributed by atoms with Gasteiger partial charge in [-0.05, 0) is 5.92 Å². The summed E-state index contributed by atoms with van der Waals surface area (Å²) in [6.45, 7) is 4.40. The Morgan fingerprint density at radius 2 is 2.22 bits per heavy atom. The molecular weight excluding hydrogens is 120 g/mol. The van der Waals surface area contributed by atoms with Gasteiger partial charge in [-0.2, -0.15) is 0 Å². The number of hydrogen-bond donors (Lipinski definition) is 2. The van der Waals surface area contributed by atoms with E-state index in [4.69, 9.17) is 5.73 Å². The van der Waals surface area contributed by atoms with Crippen molar-refractivity contribution in [3.8, 4) is 0 Å². The predicted octanol–water partition coefficient (Wildman–Crippen LogP) is -1.13. The molecule has 0 aromatic carbocycles. The number of hydrogen-bond acceptors (Lipinski definition) is 3. The molecule has 9 heavy (non-hydrogen) atoms. The number of rotatable bonds is 4. The van der Waals surface area contributed by atoms with Crippen LogP contribution in [0.1, 0.15) is 13.8 Å². The first kappa shape index (κ1) is 8.84. The Balaban J connectivity index is 3.06. The summed E-state index contributed by atoms with van der Waals surface area (Å²) >= 11 is 0. The van der Waals surface area contributed by atoms with Crippen molar-refractivity contribution in [1.82, 2.24) is 0 Å². The fraction of sp³-hybridized carbons (Fsp3) is 1.00. The quantitative estimate of drug-likeness (QED) is 0.378. The molecule has 0 aliphatic rings. The van der Waals surface area contributed by atoms with Crippen LogP contribution < -0.4 is 11.0 Å². The van der Waals surface area contributed by atoms with Crippen LogP contribution in [0.15, 0.2) is 0 Å². The van der Waals surface area contributed by atoms with Crippen molar-refractivity contribution in [2.24, 2.45) is 11.7 Å². The van der Waals surface area contributed by atoms with Crippen LogP contribution in [0.4, 0.5) is 0 Å². The summed E-state index contributed by atoms with van der Waals surface area (Å²) in [6.07, 6.45) is 0. The van der Waals surface area contributed by atoms with Crippen LogP contribution in [0.2, 0.25) is 0 Å². The van der Waals surface area contributed by atoms with E-state index in [1.807, 2.05) is 13.8 Å². The third-order valence-electron chi connectivity index (χ3n) is 0.744. The van der Waals surface area contributed by atoms with Crippen molar-refractivity contribution < 1.29 is 10.1 Å². The van der Waals surface area contributed by atoms with Crippen LogP contribution in [-0.4, -0.2) is 13.3 Å². The van der Waals surface area contributed by atoms with Crippen LogP contribution in [0.25, 0.3) is 0 Å². The van der Waals surface area contributed by atoms with E-state index in [1.54, 1.807) is 0 Å². The molecule has 4 nitrogen and oxygen atoms in total. The SMILES string of the molecule is CC(C)CO[NH+]([O-])CN. The van der Waals surface area contributed by atoms with Gasteiger partial charge in [0.15, 0.2) is 6.67 Å². The van der Waals surface area contributed by atoms with Crippen LogP contribution in [0.3, 0.4) is 0 Å².